The van der Waals surface area contributed by atoms with Gasteiger partial charge in [-0.1, -0.05) is 18.2 Å². The summed E-state index contributed by atoms with van der Waals surface area (Å²) >= 11 is 0. The van der Waals surface area contributed by atoms with Gasteiger partial charge in [0.1, 0.15) is 12.4 Å². The smallest absolute Gasteiger partial charge is 0.336 e. The second-order valence-corrected chi connectivity index (χ2v) is 4.06. The van der Waals surface area contributed by atoms with Crippen molar-refractivity contribution in [3.63, 3.8) is 0 Å². The summed E-state index contributed by atoms with van der Waals surface area (Å²) < 4.78 is 12.4. The minimum Gasteiger partial charge on any atom is -0.455 e. The number of rotatable bonds is 7. The molecule has 6 heteroatoms. The number of aromatic nitrogens is 3. The van der Waals surface area contributed by atoms with Crippen LogP contribution in [0.15, 0.2) is 36.7 Å². The summed E-state index contributed by atoms with van der Waals surface area (Å²) in [6, 6.07) is 10.1. The van der Waals surface area contributed by atoms with Gasteiger partial charge >= 0.3 is 6.01 Å². The Balaban J connectivity index is 2.04. The Labute approximate surface area is 112 Å². The minimum absolute atomic E-state index is 0.110. The van der Waals surface area contributed by atoms with Crippen LogP contribution < -0.4 is 10.1 Å². The van der Waals surface area contributed by atoms with E-state index in [1.165, 1.54) is 0 Å². The third kappa shape index (κ3) is 3.77. The molecule has 0 amide bonds. The molecular formula is C13H18N4O2. The van der Waals surface area contributed by atoms with E-state index in [1.807, 2.05) is 37.4 Å². The van der Waals surface area contributed by atoms with E-state index in [9.17, 15) is 0 Å². The lowest BCUT2D eigenvalue weighted by molar-refractivity contribution is 0.0754. The summed E-state index contributed by atoms with van der Waals surface area (Å²) in [6.07, 6.45) is 1.52. The van der Waals surface area contributed by atoms with E-state index in [0.717, 1.165) is 5.69 Å². The van der Waals surface area contributed by atoms with Crippen LogP contribution in [0.3, 0.4) is 0 Å². The predicted octanol–water partition coefficient (Wildman–Crippen LogP) is 0.880. The third-order valence-electron chi connectivity index (χ3n) is 2.55. The van der Waals surface area contributed by atoms with Crippen molar-refractivity contribution in [3.8, 4) is 11.7 Å². The molecule has 1 heterocycles. The molecule has 0 saturated carbocycles. The van der Waals surface area contributed by atoms with E-state index in [2.05, 4.69) is 15.4 Å². The molecule has 0 fully saturated rings. The fourth-order valence-corrected chi connectivity index (χ4v) is 1.70. The zero-order chi connectivity index (χ0) is 13.5. The lowest BCUT2D eigenvalue weighted by Gasteiger charge is -2.14. The van der Waals surface area contributed by atoms with Gasteiger partial charge in [-0.25, -0.2) is 4.68 Å². The summed E-state index contributed by atoms with van der Waals surface area (Å²) in [6.45, 7) is 1.16. The van der Waals surface area contributed by atoms with Gasteiger partial charge in [0.2, 0.25) is 0 Å². The molecule has 1 N–H and O–H groups in total. The third-order valence-corrected chi connectivity index (χ3v) is 2.55. The number of benzene rings is 1. The Morgan fingerprint density at radius 3 is 2.79 bits per heavy atom. The number of hydrogen-bond donors (Lipinski definition) is 1. The first-order chi connectivity index (χ1) is 9.33. The summed E-state index contributed by atoms with van der Waals surface area (Å²) in [5.74, 6) is 0. The Bertz CT molecular complexity index is 480. The van der Waals surface area contributed by atoms with Crippen LogP contribution in [0.5, 0.6) is 6.01 Å². The average molecular weight is 262 g/mol. The number of hydrogen-bond acceptors (Lipinski definition) is 5. The van der Waals surface area contributed by atoms with Gasteiger partial charge in [0.05, 0.1) is 12.3 Å². The maximum atomic E-state index is 5.67. The maximum absolute atomic E-state index is 5.67. The lowest BCUT2D eigenvalue weighted by atomic mass is 10.3. The molecule has 0 radical (unpaired) electrons. The fraction of sp³-hybridized carbons (Fsp3) is 0.385. The van der Waals surface area contributed by atoms with Crippen LogP contribution in [0.1, 0.15) is 0 Å². The monoisotopic (exact) mass is 262 g/mol. The van der Waals surface area contributed by atoms with Crippen molar-refractivity contribution >= 4 is 0 Å². The van der Waals surface area contributed by atoms with Crippen molar-refractivity contribution in [2.75, 3.05) is 27.3 Å². The zero-order valence-corrected chi connectivity index (χ0v) is 11.1. The highest BCUT2D eigenvalue weighted by Gasteiger charge is 2.12. The Hall–Kier alpha value is -1.92. The number of methoxy groups -OCH3 is 1. The predicted molar refractivity (Wildman–Crippen MR) is 71.6 cm³/mol. The van der Waals surface area contributed by atoms with E-state index < -0.39 is 0 Å². The molecule has 2 aromatic rings. The highest BCUT2D eigenvalue weighted by molar-refractivity contribution is 5.29. The van der Waals surface area contributed by atoms with Crippen LogP contribution in [0.4, 0.5) is 0 Å². The molecule has 102 valence electrons. The van der Waals surface area contributed by atoms with Gasteiger partial charge in [0, 0.05) is 13.7 Å². The summed E-state index contributed by atoms with van der Waals surface area (Å²) in [5.41, 5.74) is 0.946. The molecule has 0 bridgehead atoms. The highest BCUT2D eigenvalue weighted by atomic mass is 16.5. The SMILES string of the molecule is CNCC(COC)Oc1ncn(-c2ccccc2)n1. The van der Waals surface area contributed by atoms with Gasteiger partial charge in [-0.3, -0.25) is 0 Å². The van der Waals surface area contributed by atoms with Gasteiger partial charge in [0.15, 0.2) is 0 Å². The van der Waals surface area contributed by atoms with Gasteiger partial charge in [-0.2, -0.15) is 4.98 Å². The summed E-state index contributed by atoms with van der Waals surface area (Å²) in [4.78, 5) is 4.14. The van der Waals surface area contributed by atoms with E-state index in [0.29, 0.717) is 19.2 Å². The molecule has 0 aliphatic heterocycles. The average Bonchev–Trinajstić information content (AvgIpc) is 2.89. The highest BCUT2D eigenvalue weighted by Crippen LogP contribution is 2.09. The topological polar surface area (TPSA) is 61.2 Å². The normalized spacial score (nSPS) is 12.3. The van der Waals surface area contributed by atoms with Crippen LogP contribution in [-0.2, 0) is 4.74 Å². The van der Waals surface area contributed by atoms with E-state index in [1.54, 1.807) is 18.1 Å². The molecular weight excluding hydrogens is 244 g/mol. The van der Waals surface area contributed by atoms with Crippen LogP contribution in [0.25, 0.3) is 5.69 Å². The first kappa shape index (κ1) is 13.5. The summed E-state index contributed by atoms with van der Waals surface area (Å²) in [5, 5.41) is 7.33. The van der Waals surface area contributed by atoms with E-state index in [-0.39, 0.29) is 6.10 Å². The molecule has 0 aliphatic carbocycles. The van der Waals surface area contributed by atoms with Crippen LogP contribution in [0, 0.1) is 0 Å². The van der Waals surface area contributed by atoms with Crippen molar-refractivity contribution in [2.24, 2.45) is 0 Å². The largest absolute Gasteiger partial charge is 0.455 e. The van der Waals surface area contributed by atoms with E-state index in [4.69, 9.17) is 9.47 Å². The van der Waals surface area contributed by atoms with Crippen LogP contribution >= 0.6 is 0 Å². The molecule has 6 nitrogen and oxygen atoms in total. The van der Waals surface area contributed by atoms with Crippen molar-refractivity contribution in [2.45, 2.75) is 6.10 Å². The maximum Gasteiger partial charge on any atom is 0.336 e. The van der Waals surface area contributed by atoms with Gasteiger partial charge in [-0.15, -0.1) is 5.10 Å². The number of para-hydroxylation sites is 1. The molecule has 0 saturated heterocycles. The van der Waals surface area contributed by atoms with Crippen LogP contribution in [-0.4, -0.2) is 48.2 Å². The number of likely N-dealkylation sites (N-methyl/N-ethyl adjacent to an activating group) is 1. The van der Waals surface area contributed by atoms with Crippen molar-refractivity contribution in [1.82, 2.24) is 20.1 Å². The molecule has 1 aromatic carbocycles. The summed E-state index contributed by atoms with van der Waals surface area (Å²) in [7, 11) is 3.50. The zero-order valence-electron chi connectivity index (χ0n) is 11.1. The lowest BCUT2D eigenvalue weighted by Crippen LogP contribution is -2.33. The molecule has 0 spiro atoms. The van der Waals surface area contributed by atoms with Gasteiger partial charge < -0.3 is 14.8 Å². The molecule has 1 atom stereocenters. The number of nitrogens with one attached hydrogen (secondary N) is 1. The standard InChI is InChI=1S/C13H18N4O2/c1-14-8-12(9-18-2)19-13-15-10-17(16-13)11-6-4-3-5-7-11/h3-7,10,12,14H,8-9H2,1-2H3. The first-order valence-corrected chi connectivity index (χ1v) is 6.10. The van der Waals surface area contributed by atoms with Gasteiger partial charge in [0.25, 0.3) is 0 Å². The second-order valence-electron chi connectivity index (χ2n) is 4.06. The van der Waals surface area contributed by atoms with Crippen LogP contribution in [0.2, 0.25) is 0 Å². The number of nitrogens with zero attached hydrogens (tertiary/aromatic N) is 3. The quantitative estimate of drug-likeness (QED) is 0.802. The number of ether oxygens (including phenoxy) is 2. The molecule has 19 heavy (non-hydrogen) atoms. The van der Waals surface area contributed by atoms with E-state index >= 15 is 0 Å². The first-order valence-electron chi connectivity index (χ1n) is 6.10. The van der Waals surface area contributed by atoms with Crippen molar-refractivity contribution in [3.05, 3.63) is 36.7 Å². The molecule has 0 aliphatic rings. The van der Waals surface area contributed by atoms with Crippen molar-refractivity contribution < 1.29 is 9.47 Å². The van der Waals surface area contributed by atoms with Gasteiger partial charge in [-0.05, 0) is 19.2 Å². The Morgan fingerprint density at radius 2 is 2.11 bits per heavy atom. The Kier molecular flexibility index (Phi) is 4.88. The second kappa shape index (κ2) is 6.86. The Morgan fingerprint density at radius 1 is 1.32 bits per heavy atom. The fourth-order valence-electron chi connectivity index (χ4n) is 1.70. The minimum atomic E-state index is -0.110. The molecule has 2 rings (SSSR count). The molecule has 1 unspecified atom stereocenters. The van der Waals surface area contributed by atoms with Crippen molar-refractivity contribution in [1.29, 1.82) is 0 Å². The molecule has 1 aromatic heterocycles.